The lowest BCUT2D eigenvalue weighted by Crippen LogP contribution is -2.17. The summed E-state index contributed by atoms with van der Waals surface area (Å²) in [4.78, 5) is 9.01. The SMILES string of the molecule is COc1cccc2c1nc(N)n1nc(CNCC3CC3)nc21. The van der Waals surface area contributed by atoms with Gasteiger partial charge in [0.15, 0.2) is 11.5 Å². The molecule has 0 amide bonds. The second-order valence-corrected chi connectivity index (χ2v) is 5.66. The van der Waals surface area contributed by atoms with Crippen molar-refractivity contribution >= 4 is 22.5 Å². The summed E-state index contributed by atoms with van der Waals surface area (Å²) < 4.78 is 6.94. The van der Waals surface area contributed by atoms with Crippen LogP contribution >= 0.6 is 0 Å². The molecule has 1 fully saturated rings. The topological polar surface area (TPSA) is 90.4 Å². The average Bonchev–Trinajstić information content (AvgIpc) is 3.24. The first-order valence-electron chi connectivity index (χ1n) is 7.45. The number of hydrogen-bond donors (Lipinski definition) is 2. The predicted molar refractivity (Wildman–Crippen MR) is 83.7 cm³/mol. The number of rotatable bonds is 5. The van der Waals surface area contributed by atoms with Gasteiger partial charge in [0.25, 0.3) is 0 Å². The van der Waals surface area contributed by atoms with Crippen molar-refractivity contribution in [2.45, 2.75) is 19.4 Å². The molecule has 114 valence electrons. The van der Waals surface area contributed by atoms with Gasteiger partial charge in [0, 0.05) is 5.39 Å². The lowest BCUT2D eigenvalue weighted by atomic mass is 10.2. The largest absolute Gasteiger partial charge is 0.494 e. The molecule has 1 aromatic carbocycles. The normalized spacial score (nSPS) is 14.8. The molecule has 0 bridgehead atoms. The molecule has 2 aromatic heterocycles. The van der Waals surface area contributed by atoms with E-state index < -0.39 is 0 Å². The Morgan fingerprint density at radius 2 is 2.23 bits per heavy atom. The first-order chi connectivity index (χ1) is 10.8. The van der Waals surface area contributed by atoms with E-state index in [9.17, 15) is 0 Å². The zero-order valence-corrected chi connectivity index (χ0v) is 12.4. The van der Waals surface area contributed by atoms with Crippen LogP contribution in [0.3, 0.4) is 0 Å². The zero-order chi connectivity index (χ0) is 15.1. The Kier molecular flexibility index (Phi) is 3.07. The van der Waals surface area contributed by atoms with Gasteiger partial charge in [-0.2, -0.15) is 4.52 Å². The van der Waals surface area contributed by atoms with E-state index in [2.05, 4.69) is 20.4 Å². The van der Waals surface area contributed by atoms with Crippen LogP contribution in [0.1, 0.15) is 18.7 Å². The quantitative estimate of drug-likeness (QED) is 0.739. The molecule has 7 heteroatoms. The molecule has 0 atom stereocenters. The van der Waals surface area contributed by atoms with Crippen molar-refractivity contribution < 1.29 is 4.74 Å². The lowest BCUT2D eigenvalue weighted by molar-refractivity contribution is 0.419. The predicted octanol–water partition coefficient (Wildman–Crippen LogP) is 1.37. The Morgan fingerprint density at radius 3 is 3.00 bits per heavy atom. The Labute approximate surface area is 127 Å². The standard InChI is InChI=1S/C15H18N6O/c1-22-11-4-2-3-10-13(11)19-15(16)21-14(10)18-12(20-21)8-17-7-9-5-6-9/h2-4,9,17H,5-8H2,1H3,(H2,16,19). The van der Waals surface area contributed by atoms with Crippen LogP contribution in [0.5, 0.6) is 5.75 Å². The minimum atomic E-state index is 0.313. The second kappa shape index (κ2) is 5.10. The third-order valence-corrected chi connectivity index (χ3v) is 3.97. The summed E-state index contributed by atoms with van der Waals surface area (Å²) in [5, 5.41) is 8.72. The van der Waals surface area contributed by atoms with Gasteiger partial charge in [-0.15, -0.1) is 5.10 Å². The second-order valence-electron chi connectivity index (χ2n) is 5.66. The van der Waals surface area contributed by atoms with E-state index in [-0.39, 0.29) is 0 Å². The maximum Gasteiger partial charge on any atom is 0.223 e. The van der Waals surface area contributed by atoms with Gasteiger partial charge in [-0.1, -0.05) is 6.07 Å². The monoisotopic (exact) mass is 298 g/mol. The maximum atomic E-state index is 6.02. The minimum Gasteiger partial charge on any atom is -0.494 e. The maximum absolute atomic E-state index is 6.02. The number of benzene rings is 1. The van der Waals surface area contributed by atoms with Gasteiger partial charge in [-0.3, -0.25) is 0 Å². The molecule has 0 saturated heterocycles. The number of ether oxygens (including phenoxy) is 1. The van der Waals surface area contributed by atoms with Crippen molar-refractivity contribution in [3.05, 3.63) is 24.0 Å². The van der Waals surface area contributed by atoms with Crippen molar-refractivity contribution in [1.29, 1.82) is 0 Å². The molecule has 0 unspecified atom stereocenters. The molecule has 0 aliphatic heterocycles. The molecule has 0 spiro atoms. The fraction of sp³-hybridized carbons (Fsp3) is 0.400. The van der Waals surface area contributed by atoms with E-state index in [0.717, 1.165) is 23.7 Å². The van der Waals surface area contributed by atoms with Crippen LogP contribution in [-0.4, -0.2) is 33.2 Å². The molecule has 7 nitrogen and oxygen atoms in total. The third kappa shape index (κ3) is 2.23. The molecule has 2 heterocycles. The molecule has 0 radical (unpaired) electrons. The molecule has 22 heavy (non-hydrogen) atoms. The Balaban J connectivity index is 1.76. The highest BCUT2D eigenvalue weighted by atomic mass is 16.5. The Hall–Kier alpha value is -2.41. The molecular weight excluding hydrogens is 280 g/mol. The number of nitrogens with two attached hydrogens (primary N) is 1. The van der Waals surface area contributed by atoms with Crippen molar-refractivity contribution in [2.75, 3.05) is 19.4 Å². The molecule has 1 aliphatic carbocycles. The first-order valence-corrected chi connectivity index (χ1v) is 7.45. The smallest absolute Gasteiger partial charge is 0.223 e. The summed E-state index contributed by atoms with van der Waals surface area (Å²) in [5.41, 5.74) is 7.44. The van der Waals surface area contributed by atoms with Crippen LogP contribution in [-0.2, 0) is 6.54 Å². The number of aromatic nitrogens is 4. The number of para-hydroxylation sites is 1. The van der Waals surface area contributed by atoms with Crippen LogP contribution in [0.2, 0.25) is 0 Å². The van der Waals surface area contributed by atoms with Gasteiger partial charge >= 0.3 is 0 Å². The highest BCUT2D eigenvalue weighted by Crippen LogP contribution is 2.28. The van der Waals surface area contributed by atoms with Gasteiger partial charge in [0.05, 0.1) is 13.7 Å². The lowest BCUT2D eigenvalue weighted by Gasteiger charge is -2.06. The number of nitrogens with zero attached hydrogens (tertiary/aromatic N) is 4. The summed E-state index contributed by atoms with van der Waals surface area (Å²) in [6.07, 6.45) is 2.65. The van der Waals surface area contributed by atoms with Gasteiger partial charge in [-0.05, 0) is 37.4 Å². The van der Waals surface area contributed by atoms with Gasteiger partial charge in [0.1, 0.15) is 11.3 Å². The van der Waals surface area contributed by atoms with Crippen LogP contribution < -0.4 is 15.8 Å². The highest BCUT2D eigenvalue weighted by Gasteiger charge is 2.20. The van der Waals surface area contributed by atoms with Crippen molar-refractivity contribution in [1.82, 2.24) is 24.9 Å². The summed E-state index contributed by atoms with van der Waals surface area (Å²) in [5.74, 6) is 2.55. The molecule has 1 saturated carbocycles. The fourth-order valence-corrected chi connectivity index (χ4v) is 2.62. The van der Waals surface area contributed by atoms with E-state index in [1.165, 1.54) is 12.8 Å². The van der Waals surface area contributed by atoms with Crippen LogP contribution in [0, 0.1) is 5.92 Å². The molecule has 3 aromatic rings. The number of nitrogens with one attached hydrogen (secondary N) is 1. The zero-order valence-electron chi connectivity index (χ0n) is 12.4. The van der Waals surface area contributed by atoms with Gasteiger partial charge in [-0.25, -0.2) is 9.97 Å². The van der Waals surface area contributed by atoms with E-state index >= 15 is 0 Å². The minimum absolute atomic E-state index is 0.313. The summed E-state index contributed by atoms with van der Waals surface area (Å²) in [7, 11) is 1.62. The molecular formula is C15H18N6O. The van der Waals surface area contributed by atoms with Crippen molar-refractivity contribution in [3.8, 4) is 5.75 Å². The molecule has 1 aliphatic rings. The van der Waals surface area contributed by atoms with Crippen molar-refractivity contribution in [2.24, 2.45) is 5.92 Å². The van der Waals surface area contributed by atoms with Crippen LogP contribution in [0.25, 0.3) is 16.6 Å². The third-order valence-electron chi connectivity index (χ3n) is 3.97. The van der Waals surface area contributed by atoms with Gasteiger partial charge < -0.3 is 15.8 Å². The average molecular weight is 298 g/mol. The van der Waals surface area contributed by atoms with E-state index in [1.54, 1.807) is 11.6 Å². The van der Waals surface area contributed by atoms with E-state index in [4.69, 9.17) is 10.5 Å². The molecule has 3 N–H and O–H groups in total. The highest BCUT2D eigenvalue weighted by molar-refractivity contribution is 5.95. The number of anilines is 1. The molecule has 4 rings (SSSR count). The number of hydrogen-bond acceptors (Lipinski definition) is 6. The number of nitrogen functional groups attached to an aromatic ring is 1. The number of fused-ring (bicyclic) bond motifs is 3. The summed E-state index contributed by atoms with van der Waals surface area (Å²) in [6, 6.07) is 5.73. The van der Waals surface area contributed by atoms with E-state index in [0.29, 0.717) is 29.4 Å². The first kappa shape index (κ1) is 13.3. The fourth-order valence-electron chi connectivity index (χ4n) is 2.62. The summed E-state index contributed by atoms with van der Waals surface area (Å²) >= 11 is 0. The number of methoxy groups -OCH3 is 1. The summed E-state index contributed by atoms with van der Waals surface area (Å²) in [6.45, 7) is 1.67. The van der Waals surface area contributed by atoms with Crippen molar-refractivity contribution in [3.63, 3.8) is 0 Å². The van der Waals surface area contributed by atoms with Crippen LogP contribution in [0.15, 0.2) is 18.2 Å². The Morgan fingerprint density at radius 1 is 1.36 bits per heavy atom. The van der Waals surface area contributed by atoms with Gasteiger partial charge in [0.2, 0.25) is 5.95 Å². The van der Waals surface area contributed by atoms with E-state index in [1.807, 2.05) is 18.2 Å². The Bertz CT molecular complexity index is 839. The van der Waals surface area contributed by atoms with Crippen LogP contribution in [0.4, 0.5) is 5.95 Å².